The van der Waals surface area contributed by atoms with Crippen molar-refractivity contribution in [3.8, 4) is 11.6 Å². The van der Waals surface area contributed by atoms with E-state index in [4.69, 9.17) is 4.74 Å². The van der Waals surface area contributed by atoms with E-state index in [1.165, 1.54) is 6.07 Å². The van der Waals surface area contributed by atoms with Gasteiger partial charge in [-0.05, 0) is 25.1 Å². The quantitative estimate of drug-likeness (QED) is 0.712. The van der Waals surface area contributed by atoms with Gasteiger partial charge in [0.1, 0.15) is 5.75 Å². The second-order valence-electron chi connectivity index (χ2n) is 5.69. The summed E-state index contributed by atoms with van der Waals surface area (Å²) in [5, 5.41) is 3.38. The van der Waals surface area contributed by atoms with Gasteiger partial charge in [-0.15, -0.1) is 0 Å². The molecule has 2 heterocycles. The molecule has 25 heavy (non-hydrogen) atoms. The second-order valence-corrected chi connectivity index (χ2v) is 5.69. The molecule has 5 nitrogen and oxygen atoms in total. The van der Waals surface area contributed by atoms with Crippen LogP contribution in [0.1, 0.15) is 12.5 Å². The third-order valence-electron chi connectivity index (χ3n) is 3.64. The molecule has 130 valence electrons. The van der Waals surface area contributed by atoms with E-state index in [9.17, 15) is 8.78 Å². The molecule has 0 saturated heterocycles. The van der Waals surface area contributed by atoms with E-state index in [1.54, 1.807) is 24.8 Å². The van der Waals surface area contributed by atoms with E-state index in [0.717, 1.165) is 24.2 Å². The Labute approximate surface area is 144 Å². The molecule has 0 saturated carbocycles. The number of nitrogens with one attached hydrogen (secondary N) is 1. The van der Waals surface area contributed by atoms with Gasteiger partial charge in [0.05, 0.1) is 6.33 Å². The van der Waals surface area contributed by atoms with Gasteiger partial charge >= 0.3 is 0 Å². The number of hydrogen-bond donors (Lipinski definition) is 1. The average molecular weight is 344 g/mol. The predicted octanol–water partition coefficient (Wildman–Crippen LogP) is 3.53. The van der Waals surface area contributed by atoms with Gasteiger partial charge in [0.15, 0.2) is 11.6 Å². The molecule has 3 rings (SSSR count). The minimum atomic E-state index is -0.956. The summed E-state index contributed by atoms with van der Waals surface area (Å²) in [5.41, 5.74) is 0.824. The van der Waals surface area contributed by atoms with Crippen molar-refractivity contribution in [1.29, 1.82) is 0 Å². The maximum Gasteiger partial charge on any atom is 0.223 e. The van der Waals surface area contributed by atoms with Crippen LogP contribution in [0.5, 0.6) is 11.6 Å². The minimum absolute atomic E-state index is 0.199. The minimum Gasteiger partial charge on any atom is -0.439 e. The van der Waals surface area contributed by atoms with Crippen molar-refractivity contribution in [2.24, 2.45) is 0 Å². The lowest BCUT2D eigenvalue weighted by atomic mass is 10.2. The molecule has 0 aliphatic heterocycles. The third kappa shape index (κ3) is 4.60. The molecule has 0 aliphatic carbocycles. The topological polar surface area (TPSA) is 52.0 Å². The molecular weight excluding hydrogens is 326 g/mol. The Balaban J connectivity index is 1.65. The number of imidazole rings is 1. The number of aromatic nitrogens is 3. The molecule has 0 amide bonds. The fourth-order valence-electron chi connectivity index (χ4n) is 2.36. The van der Waals surface area contributed by atoms with Gasteiger partial charge < -0.3 is 14.6 Å². The van der Waals surface area contributed by atoms with Gasteiger partial charge in [-0.1, -0.05) is 6.07 Å². The molecule has 1 aromatic carbocycles. The number of rotatable bonds is 7. The van der Waals surface area contributed by atoms with Crippen molar-refractivity contribution in [3.63, 3.8) is 0 Å². The van der Waals surface area contributed by atoms with Gasteiger partial charge in [0, 0.05) is 49.4 Å². The SMILES string of the molecule is CC(Cn1ccnc1)NCc1cccnc1Oc1ccc(F)c(F)c1. The summed E-state index contributed by atoms with van der Waals surface area (Å²) in [6.45, 7) is 3.37. The van der Waals surface area contributed by atoms with Crippen molar-refractivity contribution < 1.29 is 13.5 Å². The Morgan fingerprint density at radius 3 is 2.84 bits per heavy atom. The Morgan fingerprint density at radius 2 is 2.08 bits per heavy atom. The normalized spacial score (nSPS) is 12.1. The summed E-state index contributed by atoms with van der Waals surface area (Å²) >= 11 is 0. The first-order valence-electron chi connectivity index (χ1n) is 7.88. The highest BCUT2D eigenvalue weighted by Gasteiger charge is 2.10. The number of pyridine rings is 1. The Morgan fingerprint density at radius 1 is 1.20 bits per heavy atom. The number of nitrogens with zero attached hydrogens (tertiary/aromatic N) is 3. The molecule has 1 unspecified atom stereocenters. The maximum absolute atomic E-state index is 13.3. The summed E-state index contributed by atoms with van der Waals surface area (Å²) in [7, 11) is 0. The molecule has 1 N–H and O–H groups in total. The van der Waals surface area contributed by atoms with Crippen LogP contribution in [0.2, 0.25) is 0 Å². The van der Waals surface area contributed by atoms with Crippen LogP contribution in [0.4, 0.5) is 8.78 Å². The van der Waals surface area contributed by atoms with Crippen LogP contribution < -0.4 is 10.1 Å². The van der Waals surface area contributed by atoms with Crippen LogP contribution >= 0.6 is 0 Å². The standard InChI is InChI=1S/C18H18F2N4O/c1-13(11-24-8-7-21-12-24)23-10-14-3-2-6-22-18(14)25-15-4-5-16(19)17(20)9-15/h2-9,12-13,23H,10-11H2,1H3. The molecule has 1 atom stereocenters. The van der Waals surface area contributed by atoms with Crippen molar-refractivity contribution in [2.75, 3.05) is 0 Å². The molecule has 0 fully saturated rings. The highest BCUT2D eigenvalue weighted by molar-refractivity contribution is 5.32. The monoisotopic (exact) mass is 344 g/mol. The molecule has 7 heteroatoms. The van der Waals surface area contributed by atoms with Crippen molar-refractivity contribution in [1.82, 2.24) is 19.9 Å². The highest BCUT2D eigenvalue weighted by atomic mass is 19.2. The molecule has 3 aromatic rings. The second kappa shape index (κ2) is 7.85. The molecule has 0 aliphatic rings. The van der Waals surface area contributed by atoms with Crippen LogP contribution in [-0.4, -0.2) is 20.6 Å². The van der Waals surface area contributed by atoms with E-state index in [1.807, 2.05) is 16.8 Å². The van der Waals surface area contributed by atoms with Crippen molar-refractivity contribution in [2.45, 2.75) is 26.1 Å². The van der Waals surface area contributed by atoms with Crippen molar-refractivity contribution in [3.05, 3.63) is 72.4 Å². The number of halogens is 2. The number of benzene rings is 1. The van der Waals surface area contributed by atoms with E-state index >= 15 is 0 Å². The van der Waals surface area contributed by atoms with Crippen LogP contribution in [0.15, 0.2) is 55.2 Å². The van der Waals surface area contributed by atoms with E-state index in [-0.39, 0.29) is 11.8 Å². The highest BCUT2D eigenvalue weighted by Crippen LogP contribution is 2.24. The Hall–Kier alpha value is -2.80. The lowest BCUT2D eigenvalue weighted by molar-refractivity contribution is 0.431. The van der Waals surface area contributed by atoms with E-state index < -0.39 is 11.6 Å². The third-order valence-corrected chi connectivity index (χ3v) is 3.64. The Kier molecular flexibility index (Phi) is 5.35. The van der Waals surface area contributed by atoms with Gasteiger partial charge in [-0.2, -0.15) is 0 Å². The number of hydrogen-bond acceptors (Lipinski definition) is 4. The zero-order chi connectivity index (χ0) is 17.6. The largest absolute Gasteiger partial charge is 0.439 e. The summed E-state index contributed by atoms with van der Waals surface area (Å²) in [6, 6.07) is 7.27. The van der Waals surface area contributed by atoms with E-state index in [0.29, 0.717) is 12.4 Å². The van der Waals surface area contributed by atoms with Gasteiger partial charge in [-0.3, -0.25) is 0 Å². The molecule has 0 spiro atoms. The Bertz CT molecular complexity index is 824. The van der Waals surface area contributed by atoms with Crippen LogP contribution in [0, 0.1) is 11.6 Å². The summed E-state index contributed by atoms with van der Waals surface area (Å²) in [4.78, 5) is 8.20. The molecule has 0 radical (unpaired) electrons. The van der Waals surface area contributed by atoms with Gasteiger partial charge in [-0.25, -0.2) is 18.7 Å². The number of ether oxygens (including phenoxy) is 1. The molecule has 2 aromatic heterocycles. The summed E-state index contributed by atoms with van der Waals surface area (Å²) in [6.07, 6.45) is 7.00. The van der Waals surface area contributed by atoms with Gasteiger partial charge in [0.2, 0.25) is 5.88 Å². The van der Waals surface area contributed by atoms with Gasteiger partial charge in [0.25, 0.3) is 0 Å². The smallest absolute Gasteiger partial charge is 0.223 e. The summed E-state index contributed by atoms with van der Waals surface area (Å²) in [5.74, 6) is -1.31. The molecular formula is C18H18F2N4O. The van der Waals surface area contributed by atoms with Crippen LogP contribution in [0.3, 0.4) is 0 Å². The fraction of sp³-hybridized carbons (Fsp3) is 0.222. The first-order valence-corrected chi connectivity index (χ1v) is 7.88. The zero-order valence-electron chi connectivity index (χ0n) is 13.7. The first kappa shape index (κ1) is 17.0. The lowest BCUT2D eigenvalue weighted by Crippen LogP contribution is -2.29. The zero-order valence-corrected chi connectivity index (χ0v) is 13.7. The van der Waals surface area contributed by atoms with Crippen LogP contribution in [-0.2, 0) is 13.1 Å². The molecule has 0 bridgehead atoms. The lowest BCUT2D eigenvalue weighted by Gasteiger charge is -2.16. The maximum atomic E-state index is 13.3. The fourth-order valence-corrected chi connectivity index (χ4v) is 2.36. The first-order chi connectivity index (χ1) is 12.1. The average Bonchev–Trinajstić information content (AvgIpc) is 3.10. The van der Waals surface area contributed by atoms with Crippen molar-refractivity contribution >= 4 is 0 Å². The summed E-state index contributed by atoms with van der Waals surface area (Å²) < 4.78 is 33.9. The predicted molar refractivity (Wildman–Crippen MR) is 89.2 cm³/mol. The van der Waals surface area contributed by atoms with E-state index in [2.05, 4.69) is 22.2 Å². The van der Waals surface area contributed by atoms with Crippen LogP contribution in [0.25, 0.3) is 0 Å².